The number of rotatable bonds is 3. The molecule has 1 aliphatic carbocycles. The molecule has 0 aromatic rings. The molecule has 0 aliphatic heterocycles. The zero-order chi connectivity index (χ0) is 17.4. The third-order valence-corrected chi connectivity index (χ3v) is 1.26. The molecule has 3 N–H and O–H groups in total. The fraction of sp³-hybridized carbons (Fsp3) is 0.714. The number of hydrogen-bond donors (Lipinski definition) is 3. The van der Waals surface area contributed by atoms with Crippen LogP contribution in [0.5, 0.6) is 0 Å². The van der Waals surface area contributed by atoms with Crippen LogP contribution in [0.1, 0.15) is 46.5 Å². The van der Waals surface area contributed by atoms with Gasteiger partial charge in [0.1, 0.15) is 0 Å². The van der Waals surface area contributed by atoms with Gasteiger partial charge >= 0.3 is 26.2 Å². The summed E-state index contributed by atoms with van der Waals surface area (Å²) < 4.78 is 29.5. The molecule has 0 heterocycles. The molecule has 0 fully saturated rings. The van der Waals surface area contributed by atoms with Gasteiger partial charge in [-0.15, -0.1) is 6.42 Å². The van der Waals surface area contributed by atoms with E-state index in [-0.39, 0.29) is 26.2 Å². The summed E-state index contributed by atoms with van der Waals surface area (Å²) in [6, 6.07) is 0. The predicted molar refractivity (Wildman–Crippen MR) is 82.8 cm³/mol. The molecule has 0 aromatic heterocycles. The molecule has 0 saturated carbocycles. The molecule has 0 saturated heterocycles. The van der Waals surface area contributed by atoms with Gasteiger partial charge in [-0.05, 0) is 19.3 Å². The van der Waals surface area contributed by atoms with Crippen molar-refractivity contribution in [3.05, 3.63) is 24.3 Å². The Bertz CT molecular complexity index is 170. The Morgan fingerprint density at radius 3 is 1.23 bits per heavy atom. The largest absolute Gasteiger partial charge is 0 e. The summed E-state index contributed by atoms with van der Waals surface area (Å²) in [6.07, 6.45) is 12.6. The summed E-state index contributed by atoms with van der Waals surface area (Å²) in [5, 5.41) is 23.6. The Hall–Kier alpha value is 0.576. The van der Waals surface area contributed by atoms with E-state index < -0.39 is 15.7 Å². The van der Waals surface area contributed by atoms with E-state index >= 15 is 0 Å². The van der Waals surface area contributed by atoms with E-state index in [0.717, 1.165) is 25.7 Å². The Morgan fingerprint density at radius 1 is 0.909 bits per heavy atom. The number of hydrogen-bond acceptors (Lipinski definition) is 3. The molecule has 0 aromatic carbocycles. The minimum atomic E-state index is -4.83. The first-order valence-corrected chi connectivity index (χ1v) is 9.23. The van der Waals surface area contributed by atoms with E-state index in [1.807, 2.05) is 32.9 Å². The smallest absolute Gasteiger partial charge is 0 e. The Kier molecular flexibility index (Phi) is 66.5. The van der Waals surface area contributed by atoms with Gasteiger partial charge < -0.3 is 15.3 Å². The minimum absolute atomic E-state index is 0. The number of aliphatic hydroxyl groups excluding tert-OH is 3. The van der Waals surface area contributed by atoms with Gasteiger partial charge in [0.05, 0.1) is 0 Å². The molecular weight excluding hydrogens is 437 g/mol. The van der Waals surface area contributed by atoms with Crippen molar-refractivity contribution in [3.8, 4) is 0 Å². The SMILES string of the molecule is CCCO.CCCO.CCCO.[C-]1=CC=CC1.[F][Ge]([F])[F].[Zr]. The van der Waals surface area contributed by atoms with Crippen molar-refractivity contribution in [1.82, 2.24) is 0 Å². The van der Waals surface area contributed by atoms with Crippen molar-refractivity contribution < 1.29 is 52.0 Å². The normalized spacial score (nSPS) is 9.73. The molecule has 8 heteroatoms. The third-order valence-electron chi connectivity index (χ3n) is 1.26. The number of allylic oxidation sites excluding steroid dienone is 4. The molecule has 0 amide bonds. The molecule has 133 valence electrons. The maximum Gasteiger partial charge on any atom is 0 e. The molecule has 3 nitrogen and oxygen atoms in total. The van der Waals surface area contributed by atoms with Gasteiger partial charge in [-0.3, -0.25) is 6.08 Å². The second kappa shape index (κ2) is 43.0. The second-order valence-electron chi connectivity index (χ2n) is 3.39. The number of halogens is 3. The molecule has 0 unspecified atom stereocenters. The molecule has 22 heavy (non-hydrogen) atoms. The Morgan fingerprint density at radius 2 is 1.18 bits per heavy atom. The van der Waals surface area contributed by atoms with Crippen molar-refractivity contribution >= 4 is 15.7 Å². The van der Waals surface area contributed by atoms with Gasteiger partial charge in [0.2, 0.25) is 0 Å². The molecule has 1 rings (SSSR count). The summed E-state index contributed by atoms with van der Waals surface area (Å²) in [4.78, 5) is 0. The standard InChI is InChI=1S/C5H5.3C3H8O.F3Ge.Zr/c1-2-4-5-3-1;3*1-2-3-4;1-4(2)3;/h1-3H,4H2;3*4H,2-3H2,1H3;;/q-1;;;;;. The first kappa shape index (κ1) is 34.0. The van der Waals surface area contributed by atoms with Gasteiger partial charge in [-0.2, -0.15) is 6.08 Å². The fourth-order valence-electron chi connectivity index (χ4n) is 0.340. The summed E-state index contributed by atoms with van der Waals surface area (Å²) in [5.41, 5.74) is 0. The van der Waals surface area contributed by atoms with Crippen LogP contribution >= 0.6 is 0 Å². The van der Waals surface area contributed by atoms with Crippen LogP contribution in [0.4, 0.5) is 10.5 Å². The Balaban J connectivity index is -0.0000000544. The van der Waals surface area contributed by atoms with Crippen molar-refractivity contribution in [1.29, 1.82) is 0 Å². The summed E-state index contributed by atoms with van der Waals surface area (Å²) >= 11 is -4.83. The Labute approximate surface area is 158 Å². The van der Waals surface area contributed by atoms with E-state index in [1.54, 1.807) is 0 Å². The van der Waals surface area contributed by atoms with E-state index in [2.05, 4.69) is 12.2 Å². The van der Waals surface area contributed by atoms with Gasteiger partial charge in [0.25, 0.3) is 0 Å². The van der Waals surface area contributed by atoms with E-state index in [0.29, 0.717) is 19.8 Å². The molecule has 1 aliphatic rings. The van der Waals surface area contributed by atoms with Crippen LogP contribution in [-0.2, 0) is 26.2 Å². The quantitative estimate of drug-likeness (QED) is 0.442. The van der Waals surface area contributed by atoms with Gasteiger partial charge in [-0.25, -0.2) is 12.2 Å². The van der Waals surface area contributed by atoms with Crippen LogP contribution in [0.2, 0.25) is 0 Å². The van der Waals surface area contributed by atoms with Gasteiger partial charge in [0, 0.05) is 46.0 Å². The van der Waals surface area contributed by atoms with Crippen LogP contribution < -0.4 is 0 Å². The van der Waals surface area contributed by atoms with Crippen molar-refractivity contribution in [2.45, 2.75) is 46.5 Å². The second-order valence-corrected chi connectivity index (χ2v) is 4.29. The minimum Gasteiger partial charge on any atom is 0 e. The van der Waals surface area contributed by atoms with Gasteiger partial charge in [-0.1, -0.05) is 20.8 Å². The molecule has 0 atom stereocenters. The average Bonchev–Trinajstić information content (AvgIpc) is 3.06. The van der Waals surface area contributed by atoms with Crippen molar-refractivity contribution in [2.24, 2.45) is 0 Å². The first-order valence-electron chi connectivity index (χ1n) is 6.85. The maximum atomic E-state index is 9.83. The monoisotopic (exact) mass is 466 g/mol. The predicted octanol–water partition coefficient (Wildman–Crippen LogP) is 3.35. The zero-order valence-corrected chi connectivity index (χ0v) is 18.2. The van der Waals surface area contributed by atoms with Crippen LogP contribution in [0.3, 0.4) is 0 Å². The average molecular weight is 466 g/mol. The summed E-state index contributed by atoms with van der Waals surface area (Å²) in [7, 11) is 0. The van der Waals surface area contributed by atoms with Crippen molar-refractivity contribution in [3.63, 3.8) is 0 Å². The van der Waals surface area contributed by atoms with Crippen LogP contribution in [0.15, 0.2) is 18.2 Å². The van der Waals surface area contributed by atoms with Crippen LogP contribution in [0, 0.1) is 6.08 Å². The zero-order valence-electron chi connectivity index (χ0n) is 13.7. The van der Waals surface area contributed by atoms with E-state index in [1.165, 1.54) is 0 Å². The molecular formula is C14H29F3GeO3Zr-. The fourth-order valence-corrected chi connectivity index (χ4v) is 0.340. The first-order chi connectivity index (χ1) is 9.97. The van der Waals surface area contributed by atoms with Crippen LogP contribution in [0.25, 0.3) is 0 Å². The molecule has 0 bridgehead atoms. The van der Waals surface area contributed by atoms with E-state index in [9.17, 15) is 10.5 Å². The third kappa shape index (κ3) is 107. The topological polar surface area (TPSA) is 60.7 Å². The summed E-state index contributed by atoms with van der Waals surface area (Å²) in [5.74, 6) is 0. The van der Waals surface area contributed by atoms with E-state index in [4.69, 9.17) is 15.3 Å². The molecule has 0 spiro atoms. The van der Waals surface area contributed by atoms with Gasteiger partial charge in [0.15, 0.2) is 0 Å². The van der Waals surface area contributed by atoms with Crippen LogP contribution in [-0.4, -0.2) is 50.9 Å². The maximum absolute atomic E-state index is 9.83. The number of aliphatic hydroxyl groups is 3. The van der Waals surface area contributed by atoms with Crippen molar-refractivity contribution in [2.75, 3.05) is 19.8 Å². The summed E-state index contributed by atoms with van der Waals surface area (Å²) in [6.45, 7) is 6.75. The molecule has 1 radical (unpaired) electrons.